The third-order valence-electron chi connectivity index (χ3n) is 5.03. The van der Waals surface area contributed by atoms with Crippen LogP contribution in [0.15, 0.2) is 67.0 Å². The molecule has 1 fully saturated rings. The Morgan fingerprint density at radius 1 is 0.871 bits per heavy atom. The highest BCUT2D eigenvalue weighted by Gasteiger charge is 2.31. The van der Waals surface area contributed by atoms with Gasteiger partial charge in [-0.25, -0.2) is 9.97 Å². The van der Waals surface area contributed by atoms with E-state index in [9.17, 15) is 18.0 Å². The number of piperazine rings is 1. The van der Waals surface area contributed by atoms with Crippen LogP contribution in [0.25, 0.3) is 0 Å². The zero-order chi connectivity index (χ0) is 21.8. The Morgan fingerprint density at radius 3 is 2.16 bits per heavy atom. The molecule has 1 saturated heterocycles. The molecule has 4 rings (SSSR count). The van der Waals surface area contributed by atoms with Crippen LogP contribution in [0, 0.1) is 0 Å². The number of aromatic nitrogens is 2. The van der Waals surface area contributed by atoms with Crippen LogP contribution in [0.2, 0.25) is 0 Å². The molecule has 0 atom stereocenters. The van der Waals surface area contributed by atoms with Gasteiger partial charge in [0.05, 0.1) is 23.6 Å². The fraction of sp³-hybridized carbons (Fsp3) is 0.227. The van der Waals surface area contributed by atoms with Crippen LogP contribution in [0.5, 0.6) is 0 Å². The second-order valence-corrected chi connectivity index (χ2v) is 7.11. The molecule has 1 N–H and O–H groups in total. The molecule has 1 amide bonds. The summed E-state index contributed by atoms with van der Waals surface area (Å²) in [5.74, 6) is -0.108. The average Bonchev–Trinajstić information content (AvgIpc) is 2.80. The van der Waals surface area contributed by atoms with Gasteiger partial charge in [-0.2, -0.15) is 13.2 Å². The predicted octanol–water partition coefficient (Wildman–Crippen LogP) is 4.07. The molecular formula is C22H20F3N5O. The van der Waals surface area contributed by atoms with E-state index >= 15 is 0 Å². The molecule has 0 aliphatic carbocycles. The summed E-state index contributed by atoms with van der Waals surface area (Å²) in [6.07, 6.45) is -1.60. The lowest BCUT2D eigenvalue weighted by Crippen LogP contribution is -2.47. The molecule has 9 heteroatoms. The van der Waals surface area contributed by atoms with E-state index in [0.29, 0.717) is 11.6 Å². The Bertz CT molecular complexity index is 1030. The van der Waals surface area contributed by atoms with Crippen LogP contribution < -0.4 is 15.1 Å². The number of carbonyl (C=O) groups is 1. The second-order valence-electron chi connectivity index (χ2n) is 7.11. The molecule has 2 aromatic carbocycles. The number of hydrogen-bond donors (Lipinski definition) is 1. The van der Waals surface area contributed by atoms with Gasteiger partial charge in [0.25, 0.3) is 5.91 Å². The van der Waals surface area contributed by atoms with Crippen molar-refractivity contribution in [1.29, 1.82) is 0 Å². The molecule has 1 aliphatic heterocycles. The quantitative estimate of drug-likeness (QED) is 0.680. The van der Waals surface area contributed by atoms with Crippen molar-refractivity contribution in [3.05, 3.63) is 78.1 Å². The van der Waals surface area contributed by atoms with Crippen LogP contribution in [-0.4, -0.2) is 42.1 Å². The van der Waals surface area contributed by atoms with Gasteiger partial charge in [-0.1, -0.05) is 24.3 Å². The van der Waals surface area contributed by atoms with Gasteiger partial charge in [-0.3, -0.25) is 4.79 Å². The highest BCUT2D eigenvalue weighted by atomic mass is 19.4. The Morgan fingerprint density at radius 2 is 1.52 bits per heavy atom. The van der Waals surface area contributed by atoms with Crippen LogP contribution in [-0.2, 0) is 6.18 Å². The molecule has 0 unspecified atom stereocenters. The second kappa shape index (κ2) is 8.63. The van der Waals surface area contributed by atoms with Crippen molar-refractivity contribution in [3.8, 4) is 0 Å². The predicted molar refractivity (Wildman–Crippen MR) is 112 cm³/mol. The minimum Gasteiger partial charge on any atom is -0.368 e. The Labute approximate surface area is 177 Å². The highest BCUT2D eigenvalue weighted by Crippen LogP contribution is 2.29. The minimum atomic E-state index is -4.51. The Balaban J connectivity index is 1.36. The summed E-state index contributed by atoms with van der Waals surface area (Å²) in [6.45, 7) is 3.18. The van der Waals surface area contributed by atoms with Gasteiger partial charge in [0.2, 0.25) is 5.95 Å². The maximum atomic E-state index is 12.8. The van der Waals surface area contributed by atoms with Gasteiger partial charge in [0.15, 0.2) is 0 Å². The van der Waals surface area contributed by atoms with Crippen molar-refractivity contribution in [3.63, 3.8) is 0 Å². The lowest BCUT2D eigenvalue weighted by atomic mass is 10.1. The molecule has 2 heterocycles. The number of carbonyl (C=O) groups excluding carboxylic acids is 1. The molecular weight excluding hydrogens is 407 g/mol. The molecule has 0 bridgehead atoms. The van der Waals surface area contributed by atoms with E-state index in [1.165, 1.54) is 30.2 Å². The third kappa shape index (κ3) is 4.93. The third-order valence-corrected chi connectivity index (χ3v) is 5.03. The SMILES string of the molecule is O=C(Nc1cnc(N2CCN(c3ccccc3)CC2)nc1)c1cccc(C(F)(F)F)c1. The number of nitrogens with zero attached hydrogens (tertiary/aromatic N) is 4. The monoisotopic (exact) mass is 427 g/mol. The van der Waals surface area contributed by atoms with Crippen molar-refractivity contribution < 1.29 is 18.0 Å². The number of halogens is 3. The van der Waals surface area contributed by atoms with Crippen LogP contribution in [0.4, 0.5) is 30.5 Å². The first kappa shape index (κ1) is 20.6. The topological polar surface area (TPSA) is 61.4 Å². The summed E-state index contributed by atoms with van der Waals surface area (Å²) in [4.78, 5) is 25.3. The van der Waals surface area contributed by atoms with Gasteiger partial charge in [-0.15, -0.1) is 0 Å². The number of para-hydroxylation sites is 1. The van der Waals surface area contributed by atoms with E-state index in [1.54, 1.807) is 0 Å². The summed E-state index contributed by atoms with van der Waals surface area (Å²) >= 11 is 0. The summed E-state index contributed by atoms with van der Waals surface area (Å²) in [5, 5.41) is 2.54. The van der Waals surface area contributed by atoms with E-state index in [1.807, 2.05) is 18.2 Å². The Kier molecular flexibility index (Phi) is 5.75. The van der Waals surface area contributed by atoms with Crippen LogP contribution in [0.3, 0.4) is 0 Å². The first-order valence-corrected chi connectivity index (χ1v) is 9.76. The van der Waals surface area contributed by atoms with E-state index in [0.717, 1.165) is 38.3 Å². The number of amides is 1. The molecule has 3 aromatic rings. The van der Waals surface area contributed by atoms with Crippen molar-refractivity contribution in [2.45, 2.75) is 6.18 Å². The molecule has 0 saturated carbocycles. The van der Waals surface area contributed by atoms with Crippen molar-refractivity contribution in [1.82, 2.24) is 9.97 Å². The van der Waals surface area contributed by atoms with Crippen LogP contribution in [0.1, 0.15) is 15.9 Å². The average molecular weight is 427 g/mol. The maximum Gasteiger partial charge on any atom is 0.416 e. The summed E-state index contributed by atoms with van der Waals surface area (Å²) < 4.78 is 38.5. The smallest absolute Gasteiger partial charge is 0.368 e. The zero-order valence-corrected chi connectivity index (χ0v) is 16.5. The normalized spacial score (nSPS) is 14.4. The van der Waals surface area contributed by atoms with Gasteiger partial charge < -0.3 is 15.1 Å². The van der Waals surface area contributed by atoms with Crippen molar-refractivity contribution >= 4 is 23.2 Å². The largest absolute Gasteiger partial charge is 0.416 e. The van der Waals surface area contributed by atoms with Crippen molar-refractivity contribution in [2.24, 2.45) is 0 Å². The molecule has 31 heavy (non-hydrogen) atoms. The highest BCUT2D eigenvalue weighted by molar-refractivity contribution is 6.04. The molecule has 1 aliphatic rings. The molecule has 0 radical (unpaired) electrons. The molecule has 6 nitrogen and oxygen atoms in total. The minimum absolute atomic E-state index is 0.0871. The van der Waals surface area contributed by atoms with E-state index in [4.69, 9.17) is 0 Å². The van der Waals surface area contributed by atoms with Gasteiger partial charge in [0.1, 0.15) is 0 Å². The molecule has 0 spiro atoms. The summed E-state index contributed by atoms with van der Waals surface area (Å²) in [5.41, 5.74) is 0.530. The molecule has 160 valence electrons. The standard InChI is InChI=1S/C22H20F3N5O/c23-22(24,25)17-6-4-5-16(13-17)20(31)28-18-14-26-21(27-15-18)30-11-9-29(10-12-30)19-7-2-1-3-8-19/h1-8,13-15H,9-12H2,(H,28,31). The fourth-order valence-electron chi connectivity index (χ4n) is 3.39. The number of anilines is 3. The summed E-state index contributed by atoms with van der Waals surface area (Å²) in [6, 6.07) is 14.4. The number of rotatable bonds is 4. The zero-order valence-electron chi connectivity index (χ0n) is 16.5. The number of nitrogens with one attached hydrogen (secondary N) is 1. The number of hydrogen-bond acceptors (Lipinski definition) is 5. The lowest BCUT2D eigenvalue weighted by molar-refractivity contribution is -0.137. The summed E-state index contributed by atoms with van der Waals surface area (Å²) in [7, 11) is 0. The van der Waals surface area contributed by atoms with Gasteiger partial charge >= 0.3 is 6.18 Å². The van der Waals surface area contributed by atoms with Gasteiger partial charge in [0, 0.05) is 37.4 Å². The van der Waals surface area contributed by atoms with Crippen LogP contribution >= 0.6 is 0 Å². The first-order valence-electron chi connectivity index (χ1n) is 9.76. The van der Waals surface area contributed by atoms with E-state index in [2.05, 4.69) is 37.2 Å². The van der Waals surface area contributed by atoms with Gasteiger partial charge in [-0.05, 0) is 30.3 Å². The fourth-order valence-corrected chi connectivity index (χ4v) is 3.39. The van der Waals surface area contributed by atoms with E-state index < -0.39 is 17.6 Å². The lowest BCUT2D eigenvalue weighted by Gasteiger charge is -2.36. The first-order chi connectivity index (χ1) is 14.9. The Hall–Kier alpha value is -3.62. The van der Waals surface area contributed by atoms with E-state index in [-0.39, 0.29) is 5.56 Å². The molecule has 1 aromatic heterocycles. The number of benzene rings is 2. The maximum absolute atomic E-state index is 12.8. The van der Waals surface area contributed by atoms with Crippen molar-refractivity contribution in [2.75, 3.05) is 41.3 Å². The number of alkyl halides is 3.